The van der Waals surface area contributed by atoms with Gasteiger partial charge in [-0.15, -0.1) is 0 Å². The second-order valence-electron chi connectivity index (χ2n) is 5.73. The van der Waals surface area contributed by atoms with Gasteiger partial charge in [-0.05, 0) is 42.7 Å². The van der Waals surface area contributed by atoms with E-state index < -0.39 is 0 Å². The molecule has 1 heterocycles. The van der Waals surface area contributed by atoms with Crippen molar-refractivity contribution < 1.29 is 9.47 Å². The molecule has 120 valence electrons. The lowest BCUT2D eigenvalue weighted by atomic mass is 9.97. The molecule has 0 spiro atoms. The fraction of sp³-hybridized carbons (Fsp3) is 0.316. The number of hydrogen-bond acceptors (Lipinski definition) is 4. The van der Waals surface area contributed by atoms with Crippen LogP contribution in [-0.2, 0) is 6.42 Å². The van der Waals surface area contributed by atoms with Crippen LogP contribution in [0.5, 0.6) is 11.5 Å². The van der Waals surface area contributed by atoms with E-state index in [1.165, 1.54) is 11.1 Å². The van der Waals surface area contributed by atoms with Crippen LogP contribution in [0.25, 0.3) is 0 Å². The normalized spacial score (nSPS) is 17.1. The molecule has 0 fully saturated rings. The molecule has 0 radical (unpaired) electrons. The highest BCUT2D eigenvalue weighted by molar-refractivity contribution is 5.84. The Morgan fingerprint density at radius 3 is 2.52 bits per heavy atom. The molecule has 1 aliphatic heterocycles. The highest BCUT2D eigenvalue weighted by Crippen LogP contribution is 2.36. The minimum Gasteiger partial charge on any atom is -0.493 e. The second-order valence-corrected chi connectivity index (χ2v) is 5.73. The maximum atomic E-state index is 5.46. The van der Waals surface area contributed by atoms with Gasteiger partial charge in [0.1, 0.15) is 5.84 Å². The first kappa shape index (κ1) is 15.4. The molecule has 0 N–H and O–H groups in total. The summed E-state index contributed by atoms with van der Waals surface area (Å²) in [5, 5.41) is 0. The molecule has 2 aromatic rings. The number of para-hydroxylation sites is 1. The minimum absolute atomic E-state index is 0.210. The average molecular weight is 310 g/mol. The molecule has 0 saturated heterocycles. The number of likely N-dealkylation sites (N-methyl/N-ethyl adjacent to an activating group) is 1. The molecule has 0 amide bonds. The second kappa shape index (κ2) is 6.32. The molecule has 4 nitrogen and oxygen atoms in total. The maximum Gasteiger partial charge on any atom is 0.161 e. The number of ether oxygens (including phenoxy) is 2. The topological polar surface area (TPSA) is 34.1 Å². The van der Waals surface area contributed by atoms with Crippen LogP contribution in [-0.4, -0.2) is 32.0 Å². The van der Waals surface area contributed by atoms with E-state index in [1.807, 2.05) is 12.1 Å². The lowest BCUT2D eigenvalue weighted by Gasteiger charge is -2.29. The van der Waals surface area contributed by atoms with E-state index in [1.54, 1.807) is 14.2 Å². The summed E-state index contributed by atoms with van der Waals surface area (Å²) in [5.41, 5.74) is 3.51. The third-order valence-corrected chi connectivity index (χ3v) is 4.46. The Bertz CT molecular complexity index is 740. The van der Waals surface area contributed by atoms with Gasteiger partial charge in [0, 0.05) is 7.05 Å². The SMILES string of the molecule is COc1ccc(C2Cc3ccccc3N=C(C)N2C)cc1OC. The number of aliphatic imine (C=N–C) groups is 1. The van der Waals surface area contributed by atoms with Crippen molar-refractivity contribution in [2.45, 2.75) is 19.4 Å². The standard InChI is InChI=1S/C19H22N2O2/c1-13-20-16-8-6-5-7-14(16)11-17(21(13)2)15-9-10-18(22-3)19(12-15)23-4/h5-10,12,17H,11H2,1-4H3. The van der Waals surface area contributed by atoms with Gasteiger partial charge < -0.3 is 14.4 Å². The number of nitrogens with zero attached hydrogens (tertiary/aromatic N) is 2. The molecule has 4 heteroatoms. The van der Waals surface area contributed by atoms with Gasteiger partial charge in [0.15, 0.2) is 11.5 Å². The van der Waals surface area contributed by atoms with Crippen molar-refractivity contribution in [2.24, 2.45) is 4.99 Å². The highest BCUT2D eigenvalue weighted by Gasteiger charge is 2.24. The molecule has 1 atom stereocenters. The molecule has 2 aromatic carbocycles. The Morgan fingerprint density at radius 1 is 1.04 bits per heavy atom. The molecule has 3 rings (SSSR count). The van der Waals surface area contributed by atoms with Crippen molar-refractivity contribution in [3.8, 4) is 11.5 Å². The number of benzene rings is 2. The zero-order valence-electron chi connectivity index (χ0n) is 14.0. The molecule has 1 aliphatic rings. The van der Waals surface area contributed by atoms with Crippen LogP contribution < -0.4 is 9.47 Å². The summed E-state index contributed by atoms with van der Waals surface area (Å²) in [7, 11) is 5.41. The van der Waals surface area contributed by atoms with Crippen LogP contribution in [0, 0.1) is 0 Å². The Morgan fingerprint density at radius 2 is 1.78 bits per heavy atom. The van der Waals surface area contributed by atoms with Crippen molar-refractivity contribution >= 4 is 11.5 Å². The molecule has 0 saturated carbocycles. The van der Waals surface area contributed by atoms with Crippen LogP contribution >= 0.6 is 0 Å². The highest BCUT2D eigenvalue weighted by atomic mass is 16.5. The zero-order valence-corrected chi connectivity index (χ0v) is 14.0. The third-order valence-electron chi connectivity index (χ3n) is 4.46. The summed E-state index contributed by atoms with van der Waals surface area (Å²) in [6.45, 7) is 2.05. The Labute approximate surface area is 137 Å². The monoisotopic (exact) mass is 310 g/mol. The molecular weight excluding hydrogens is 288 g/mol. The first-order valence-electron chi connectivity index (χ1n) is 7.72. The molecular formula is C19H22N2O2. The molecule has 0 aromatic heterocycles. The predicted molar refractivity (Wildman–Crippen MR) is 93.0 cm³/mol. The minimum atomic E-state index is 0.210. The van der Waals surface area contributed by atoms with Crippen molar-refractivity contribution in [1.29, 1.82) is 0 Å². The van der Waals surface area contributed by atoms with Crippen LogP contribution in [0.15, 0.2) is 47.5 Å². The number of amidine groups is 1. The summed E-state index contributed by atoms with van der Waals surface area (Å²) in [4.78, 5) is 6.98. The van der Waals surface area contributed by atoms with Crippen molar-refractivity contribution in [2.75, 3.05) is 21.3 Å². The summed E-state index contributed by atoms with van der Waals surface area (Å²) in [6, 6.07) is 14.7. The van der Waals surface area contributed by atoms with Gasteiger partial charge >= 0.3 is 0 Å². The van der Waals surface area contributed by atoms with Gasteiger partial charge in [-0.3, -0.25) is 0 Å². The number of methoxy groups -OCH3 is 2. The predicted octanol–water partition coefficient (Wildman–Crippen LogP) is 3.98. The first-order chi connectivity index (χ1) is 11.1. The Balaban J connectivity index is 2.04. The van der Waals surface area contributed by atoms with E-state index in [-0.39, 0.29) is 6.04 Å². The fourth-order valence-corrected chi connectivity index (χ4v) is 3.02. The molecule has 1 unspecified atom stereocenters. The molecule has 0 bridgehead atoms. The van der Waals surface area contributed by atoms with Crippen LogP contribution in [0.4, 0.5) is 5.69 Å². The van der Waals surface area contributed by atoms with E-state index in [9.17, 15) is 0 Å². The summed E-state index contributed by atoms with van der Waals surface area (Å²) >= 11 is 0. The third kappa shape index (κ3) is 2.89. The van der Waals surface area contributed by atoms with Crippen molar-refractivity contribution in [3.63, 3.8) is 0 Å². The summed E-state index contributed by atoms with van der Waals surface area (Å²) in [5.74, 6) is 2.51. The van der Waals surface area contributed by atoms with Crippen LogP contribution in [0.3, 0.4) is 0 Å². The van der Waals surface area contributed by atoms with Crippen LogP contribution in [0.2, 0.25) is 0 Å². The Kier molecular flexibility index (Phi) is 4.24. The molecule has 0 aliphatic carbocycles. The lowest BCUT2D eigenvalue weighted by molar-refractivity contribution is 0.347. The lowest BCUT2D eigenvalue weighted by Crippen LogP contribution is -2.29. The van der Waals surface area contributed by atoms with E-state index in [4.69, 9.17) is 14.5 Å². The van der Waals surface area contributed by atoms with Gasteiger partial charge in [-0.2, -0.15) is 0 Å². The van der Waals surface area contributed by atoms with E-state index in [2.05, 4.69) is 49.2 Å². The van der Waals surface area contributed by atoms with Crippen molar-refractivity contribution in [3.05, 3.63) is 53.6 Å². The Hall–Kier alpha value is -2.49. The van der Waals surface area contributed by atoms with Gasteiger partial charge in [0.2, 0.25) is 0 Å². The van der Waals surface area contributed by atoms with E-state index >= 15 is 0 Å². The molecule has 23 heavy (non-hydrogen) atoms. The summed E-state index contributed by atoms with van der Waals surface area (Å²) < 4.78 is 10.8. The van der Waals surface area contributed by atoms with Gasteiger partial charge in [-0.25, -0.2) is 4.99 Å². The summed E-state index contributed by atoms with van der Waals surface area (Å²) in [6.07, 6.45) is 0.906. The van der Waals surface area contributed by atoms with Gasteiger partial charge in [0.25, 0.3) is 0 Å². The van der Waals surface area contributed by atoms with Gasteiger partial charge in [-0.1, -0.05) is 24.3 Å². The first-order valence-corrected chi connectivity index (χ1v) is 7.72. The van der Waals surface area contributed by atoms with E-state index in [0.717, 1.165) is 29.4 Å². The zero-order chi connectivity index (χ0) is 16.4. The number of rotatable bonds is 3. The largest absolute Gasteiger partial charge is 0.493 e. The average Bonchev–Trinajstić information content (AvgIpc) is 2.71. The van der Waals surface area contributed by atoms with Crippen molar-refractivity contribution in [1.82, 2.24) is 4.90 Å². The van der Waals surface area contributed by atoms with Crippen LogP contribution in [0.1, 0.15) is 24.1 Å². The maximum absolute atomic E-state index is 5.46. The van der Waals surface area contributed by atoms with Gasteiger partial charge in [0.05, 0.1) is 25.9 Å². The van der Waals surface area contributed by atoms with E-state index in [0.29, 0.717) is 0 Å². The smallest absolute Gasteiger partial charge is 0.161 e. The quantitative estimate of drug-likeness (QED) is 0.860. The number of fused-ring (bicyclic) bond motifs is 1. The fourth-order valence-electron chi connectivity index (χ4n) is 3.02. The number of hydrogen-bond donors (Lipinski definition) is 0.